The van der Waals surface area contributed by atoms with E-state index in [0.29, 0.717) is 22.9 Å². The maximum Gasteiger partial charge on any atom is 0.277 e. The van der Waals surface area contributed by atoms with Crippen molar-refractivity contribution in [1.82, 2.24) is 5.43 Å². The quantitative estimate of drug-likeness (QED) is 0.493. The predicted molar refractivity (Wildman–Crippen MR) is 107 cm³/mol. The van der Waals surface area contributed by atoms with Crippen molar-refractivity contribution in [1.29, 1.82) is 0 Å². The first-order chi connectivity index (χ1) is 13.0. The molecule has 0 radical (unpaired) electrons. The Morgan fingerprint density at radius 3 is 2.41 bits per heavy atom. The Hall–Kier alpha value is -2.87. The van der Waals surface area contributed by atoms with E-state index in [1.54, 1.807) is 37.3 Å². The Kier molecular flexibility index (Phi) is 7.81. The molecule has 0 spiro atoms. The third-order valence-corrected chi connectivity index (χ3v) is 4.06. The molecule has 0 unspecified atom stereocenters. The number of para-hydroxylation sites is 3. The smallest absolute Gasteiger partial charge is 0.277 e. The van der Waals surface area contributed by atoms with Crippen molar-refractivity contribution in [3.63, 3.8) is 0 Å². The molecule has 0 heterocycles. The Bertz CT molecular complexity index is 839. The number of hydrogen-bond acceptors (Lipinski definition) is 5. The van der Waals surface area contributed by atoms with Gasteiger partial charge >= 0.3 is 0 Å². The number of hydrogen-bond donors (Lipinski definition) is 2. The highest BCUT2D eigenvalue weighted by Crippen LogP contribution is 2.25. The zero-order chi connectivity index (χ0) is 19.6. The molecule has 2 aromatic rings. The number of nitrogens with zero attached hydrogens (tertiary/aromatic N) is 1. The molecule has 0 aromatic heterocycles. The van der Waals surface area contributed by atoms with E-state index in [-0.39, 0.29) is 18.9 Å². The Balaban J connectivity index is 1.79. The van der Waals surface area contributed by atoms with Gasteiger partial charge in [0.1, 0.15) is 0 Å². The molecule has 142 valence electrons. The number of anilines is 1. The Labute approximate surface area is 165 Å². The summed E-state index contributed by atoms with van der Waals surface area (Å²) >= 11 is 3.36. The van der Waals surface area contributed by atoms with Gasteiger partial charge < -0.3 is 14.8 Å². The zero-order valence-corrected chi connectivity index (χ0v) is 16.6. The summed E-state index contributed by atoms with van der Waals surface area (Å²) in [6.07, 6.45) is 0.0506. The van der Waals surface area contributed by atoms with Crippen LogP contribution in [0.15, 0.2) is 58.1 Å². The average molecular weight is 434 g/mol. The fourth-order valence-electron chi connectivity index (χ4n) is 2.10. The van der Waals surface area contributed by atoms with Crippen LogP contribution in [0.2, 0.25) is 0 Å². The van der Waals surface area contributed by atoms with Gasteiger partial charge in [0, 0.05) is 10.2 Å². The normalized spacial score (nSPS) is 10.9. The van der Waals surface area contributed by atoms with Crippen LogP contribution in [0, 0.1) is 0 Å². The summed E-state index contributed by atoms with van der Waals surface area (Å²) in [5, 5.41) is 6.69. The highest BCUT2D eigenvalue weighted by atomic mass is 79.9. The highest BCUT2D eigenvalue weighted by molar-refractivity contribution is 9.10. The monoisotopic (exact) mass is 433 g/mol. The first kappa shape index (κ1) is 20.4. The van der Waals surface area contributed by atoms with Gasteiger partial charge in [-0.05, 0) is 47.1 Å². The minimum absolute atomic E-state index is 0.0506. The van der Waals surface area contributed by atoms with Crippen molar-refractivity contribution >= 4 is 39.1 Å². The third-order valence-electron chi connectivity index (χ3n) is 3.36. The molecule has 2 N–H and O–H groups in total. The van der Waals surface area contributed by atoms with Crippen LogP contribution >= 0.6 is 15.9 Å². The number of amides is 2. The lowest BCUT2D eigenvalue weighted by Gasteiger charge is -2.09. The van der Waals surface area contributed by atoms with Crippen molar-refractivity contribution in [3.05, 3.63) is 53.0 Å². The van der Waals surface area contributed by atoms with E-state index in [1.807, 2.05) is 18.2 Å². The molecule has 0 saturated carbocycles. The summed E-state index contributed by atoms with van der Waals surface area (Å²) in [5.41, 5.74) is 3.50. The van der Waals surface area contributed by atoms with Crippen molar-refractivity contribution < 1.29 is 19.1 Å². The Morgan fingerprint density at radius 1 is 1.04 bits per heavy atom. The van der Waals surface area contributed by atoms with Crippen molar-refractivity contribution in [2.75, 3.05) is 19.0 Å². The maximum absolute atomic E-state index is 12.0. The second-order valence-corrected chi connectivity index (χ2v) is 6.38. The van der Waals surface area contributed by atoms with Gasteiger partial charge in [0.25, 0.3) is 5.91 Å². The number of benzene rings is 2. The molecule has 0 atom stereocenters. The van der Waals surface area contributed by atoms with E-state index in [9.17, 15) is 9.59 Å². The summed E-state index contributed by atoms with van der Waals surface area (Å²) < 4.78 is 11.3. The van der Waals surface area contributed by atoms with E-state index in [4.69, 9.17) is 9.47 Å². The van der Waals surface area contributed by atoms with Crippen LogP contribution in [0.4, 0.5) is 5.69 Å². The molecule has 0 bridgehead atoms. The lowest BCUT2D eigenvalue weighted by atomic mass is 10.2. The molecule has 0 aliphatic carbocycles. The molecule has 2 aromatic carbocycles. The summed E-state index contributed by atoms with van der Waals surface area (Å²) in [5.74, 6) is 0.325. The number of rotatable bonds is 8. The van der Waals surface area contributed by atoms with Crippen LogP contribution in [-0.2, 0) is 9.59 Å². The molecule has 2 rings (SSSR count). The summed E-state index contributed by atoms with van der Waals surface area (Å²) in [7, 11) is 1.52. The minimum atomic E-state index is -0.438. The van der Waals surface area contributed by atoms with Crippen LogP contribution in [-0.4, -0.2) is 31.2 Å². The van der Waals surface area contributed by atoms with Crippen molar-refractivity contribution in [2.45, 2.75) is 13.3 Å². The first-order valence-corrected chi connectivity index (χ1v) is 8.91. The molecular weight excluding hydrogens is 414 g/mol. The standard InChI is InChI=1S/C19H20BrN3O4/c1-13(11-18(24)21-15-8-4-3-7-14(15)20)22-23-19(25)12-27-17-10-6-5-9-16(17)26-2/h3-10H,11-12H2,1-2H3,(H,21,24)(H,23,25)/b22-13+. The van der Waals surface area contributed by atoms with E-state index in [0.717, 1.165) is 4.47 Å². The van der Waals surface area contributed by atoms with Gasteiger partial charge in [0.2, 0.25) is 5.91 Å². The van der Waals surface area contributed by atoms with Gasteiger partial charge in [0.15, 0.2) is 18.1 Å². The Morgan fingerprint density at radius 2 is 1.70 bits per heavy atom. The van der Waals surface area contributed by atoms with Crippen LogP contribution in [0.1, 0.15) is 13.3 Å². The predicted octanol–water partition coefficient (Wildman–Crippen LogP) is 3.36. The molecule has 8 heteroatoms. The zero-order valence-electron chi connectivity index (χ0n) is 15.0. The molecule has 0 aliphatic heterocycles. The number of methoxy groups -OCH3 is 1. The van der Waals surface area contributed by atoms with Crippen LogP contribution < -0.4 is 20.2 Å². The van der Waals surface area contributed by atoms with Gasteiger partial charge in [-0.1, -0.05) is 24.3 Å². The molecule has 2 amide bonds. The molecule has 0 fully saturated rings. The minimum Gasteiger partial charge on any atom is -0.493 e. The summed E-state index contributed by atoms with van der Waals surface area (Å²) in [6.45, 7) is 1.43. The highest BCUT2D eigenvalue weighted by Gasteiger charge is 2.09. The van der Waals surface area contributed by atoms with Gasteiger partial charge in [-0.3, -0.25) is 9.59 Å². The third kappa shape index (κ3) is 6.74. The number of nitrogens with one attached hydrogen (secondary N) is 2. The van der Waals surface area contributed by atoms with E-state index < -0.39 is 5.91 Å². The second-order valence-electron chi connectivity index (χ2n) is 5.53. The van der Waals surface area contributed by atoms with E-state index in [1.165, 1.54) is 7.11 Å². The molecule has 0 aliphatic rings. The van der Waals surface area contributed by atoms with E-state index in [2.05, 4.69) is 31.8 Å². The topological polar surface area (TPSA) is 89.0 Å². The number of carbonyl (C=O) groups excluding carboxylic acids is 2. The summed E-state index contributed by atoms with van der Waals surface area (Å²) in [6, 6.07) is 14.3. The fraction of sp³-hybridized carbons (Fsp3) is 0.211. The van der Waals surface area contributed by atoms with Gasteiger partial charge in [-0.25, -0.2) is 5.43 Å². The van der Waals surface area contributed by atoms with Gasteiger partial charge in [-0.2, -0.15) is 5.10 Å². The van der Waals surface area contributed by atoms with Gasteiger partial charge in [-0.15, -0.1) is 0 Å². The molecule has 0 saturated heterocycles. The maximum atomic E-state index is 12.0. The molecule has 27 heavy (non-hydrogen) atoms. The lowest BCUT2D eigenvalue weighted by Crippen LogP contribution is -2.26. The molecular formula is C19H20BrN3O4. The lowest BCUT2D eigenvalue weighted by molar-refractivity contribution is -0.123. The van der Waals surface area contributed by atoms with E-state index >= 15 is 0 Å². The average Bonchev–Trinajstić information content (AvgIpc) is 2.66. The van der Waals surface area contributed by atoms with Crippen molar-refractivity contribution in [3.8, 4) is 11.5 Å². The first-order valence-electron chi connectivity index (χ1n) is 8.11. The van der Waals surface area contributed by atoms with Crippen molar-refractivity contribution in [2.24, 2.45) is 5.10 Å². The van der Waals surface area contributed by atoms with Crippen LogP contribution in [0.5, 0.6) is 11.5 Å². The SMILES string of the molecule is COc1ccccc1OCC(=O)N/N=C(\C)CC(=O)Nc1ccccc1Br. The second kappa shape index (κ2) is 10.3. The number of ether oxygens (including phenoxy) is 2. The molecule has 7 nitrogen and oxygen atoms in total. The van der Waals surface area contributed by atoms with Crippen LogP contribution in [0.3, 0.4) is 0 Å². The number of carbonyl (C=O) groups is 2. The number of hydrazone groups is 1. The van der Waals surface area contributed by atoms with Crippen LogP contribution in [0.25, 0.3) is 0 Å². The number of halogens is 1. The summed E-state index contributed by atoms with van der Waals surface area (Å²) in [4.78, 5) is 23.9. The van der Waals surface area contributed by atoms with Gasteiger partial charge in [0.05, 0.1) is 19.2 Å². The fourth-order valence-corrected chi connectivity index (χ4v) is 2.48. The largest absolute Gasteiger partial charge is 0.493 e.